The highest BCUT2D eigenvalue weighted by Gasteiger charge is 2.24. The lowest BCUT2D eigenvalue weighted by Crippen LogP contribution is -1.91. The van der Waals surface area contributed by atoms with E-state index in [0.717, 1.165) is 12.8 Å². The van der Waals surface area contributed by atoms with E-state index in [2.05, 4.69) is 26.1 Å². The van der Waals surface area contributed by atoms with Crippen LogP contribution in [0.4, 0.5) is 4.39 Å². The standard InChI is InChI=1S/C13H12BrFN2O/c14-9-6-3-7-10(15)11(9)13-17-16-12(18-13)8-4-1-2-5-8/h3,6-8H,1-2,4-5H2. The molecule has 18 heavy (non-hydrogen) atoms. The normalized spacial score (nSPS) is 16.3. The Balaban J connectivity index is 1.97. The summed E-state index contributed by atoms with van der Waals surface area (Å²) in [6, 6.07) is 4.79. The first-order chi connectivity index (χ1) is 8.75. The van der Waals surface area contributed by atoms with Crippen LogP contribution in [0.25, 0.3) is 11.5 Å². The molecule has 1 saturated carbocycles. The van der Waals surface area contributed by atoms with Crippen LogP contribution in [0.1, 0.15) is 37.5 Å². The molecule has 1 aromatic carbocycles. The largest absolute Gasteiger partial charge is 0.420 e. The van der Waals surface area contributed by atoms with Gasteiger partial charge in [-0.15, -0.1) is 10.2 Å². The zero-order valence-electron chi connectivity index (χ0n) is 9.70. The molecule has 0 unspecified atom stereocenters. The molecule has 3 rings (SSSR count). The molecular formula is C13H12BrFN2O. The van der Waals surface area contributed by atoms with Crippen LogP contribution in [-0.2, 0) is 0 Å². The van der Waals surface area contributed by atoms with Crippen molar-refractivity contribution < 1.29 is 8.81 Å². The van der Waals surface area contributed by atoms with Crippen LogP contribution in [0.2, 0.25) is 0 Å². The minimum atomic E-state index is -0.356. The smallest absolute Gasteiger partial charge is 0.251 e. The Bertz CT molecular complexity index is 544. The number of nitrogens with zero attached hydrogens (tertiary/aromatic N) is 2. The molecule has 1 fully saturated rings. The van der Waals surface area contributed by atoms with Crippen molar-refractivity contribution >= 4 is 15.9 Å². The summed E-state index contributed by atoms with van der Waals surface area (Å²) >= 11 is 3.31. The van der Waals surface area contributed by atoms with Crippen molar-refractivity contribution in [2.24, 2.45) is 0 Å². The third-order valence-electron chi connectivity index (χ3n) is 3.32. The summed E-state index contributed by atoms with van der Waals surface area (Å²) < 4.78 is 20.0. The van der Waals surface area contributed by atoms with Crippen molar-refractivity contribution in [3.63, 3.8) is 0 Å². The SMILES string of the molecule is Fc1cccc(Br)c1-c1nnc(C2CCCC2)o1. The van der Waals surface area contributed by atoms with Gasteiger partial charge in [0.1, 0.15) is 5.82 Å². The van der Waals surface area contributed by atoms with E-state index in [1.54, 1.807) is 12.1 Å². The molecule has 0 amide bonds. The molecular weight excluding hydrogens is 299 g/mol. The van der Waals surface area contributed by atoms with Crippen LogP contribution in [0, 0.1) is 5.82 Å². The molecule has 0 bridgehead atoms. The maximum atomic E-state index is 13.8. The van der Waals surface area contributed by atoms with E-state index in [1.807, 2.05) is 0 Å². The van der Waals surface area contributed by atoms with Crippen molar-refractivity contribution in [1.29, 1.82) is 0 Å². The minimum absolute atomic E-state index is 0.252. The Kier molecular flexibility index (Phi) is 3.16. The second kappa shape index (κ2) is 4.80. The highest BCUT2D eigenvalue weighted by Crippen LogP contribution is 2.36. The molecule has 1 heterocycles. The van der Waals surface area contributed by atoms with Gasteiger partial charge in [0, 0.05) is 10.4 Å². The molecule has 1 aromatic heterocycles. The molecule has 1 aliphatic rings. The Morgan fingerprint density at radius 1 is 1.22 bits per heavy atom. The van der Waals surface area contributed by atoms with Gasteiger partial charge in [0.2, 0.25) is 5.89 Å². The van der Waals surface area contributed by atoms with Crippen LogP contribution in [0.5, 0.6) is 0 Å². The van der Waals surface area contributed by atoms with Gasteiger partial charge in [-0.25, -0.2) is 4.39 Å². The van der Waals surface area contributed by atoms with Crippen LogP contribution in [0.3, 0.4) is 0 Å². The summed E-state index contributed by atoms with van der Waals surface area (Å²) in [6.07, 6.45) is 4.57. The quantitative estimate of drug-likeness (QED) is 0.830. The third-order valence-corrected chi connectivity index (χ3v) is 3.98. The van der Waals surface area contributed by atoms with Crippen LogP contribution < -0.4 is 0 Å². The summed E-state index contributed by atoms with van der Waals surface area (Å²) in [7, 11) is 0. The first kappa shape index (κ1) is 11.8. The number of benzene rings is 1. The monoisotopic (exact) mass is 310 g/mol. The van der Waals surface area contributed by atoms with E-state index in [4.69, 9.17) is 4.42 Å². The van der Waals surface area contributed by atoms with E-state index in [1.165, 1.54) is 18.9 Å². The van der Waals surface area contributed by atoms with Crippen molar-refractivity contribution in [2.75, 3.05) is 0 Å². The van der Waals surface area contributed by atoms with E-state index in [-0.39, 0.29) is 11.7 Å². The lowest BCUT2D eigenvalue weighted by molar-refractivity contribution is 0.455. The van der Waals surface area contributed by atoms with Gasteiger partial charge in [-0.2, -0.15) is 0 Å². The average Bonchev–Trinajstić information content (AvgIpc) is 2.99. The topological polar surface area (TPSA) is 38.9 Å². The zero-order valence-corrected chi connectivity index (χ0v) is 11.3. The van der Waals surface area contributed by atoms with Crippen molar-refractivity contribution in [1.82, 2.24) is 10.2 Å². The molecule has 94 valence electrons. The lowest BCUT2D eigenvalue weighted by atomic mass is 10.1. The second-order valence-electron chi connectivity index (χ2n) is 4.52. The molecule has 0 atom stereocenters. The number of aromatic nitrogens is 2. The Morgan fingerprint density at radius 3 is 2.72 bits per heavy atom. The second-order valence-corrected chi connectivity index (χ2v) is 5.38. The molecule has 0 spiro atoms. The van der Waals surface area contributed by atoms with Crippen molar-refractivity contribution in [3.8, 4) is 11.5 Å². The fourth-order valence-electron chi connectivity index (χ4n) is 2.38. The first-order valence-electron chi connectivity index (χ1n) is 6.03. The van der Waals surface area contributed by atoms with E-state index in [0.29, 0.717) is 21.8 Å². The molecule has 0 saturated heterocycles. The average molecular weight is 311 g/mol. The predicted molar refractivity (Wildman–Crippen MR) is 68.6 cm³/mol. The third kappa shape index (κ3) is 2.07. The van der Waals surface area contributed by atoms with Crippen LogP contribution in [0.15, 0.2) is 27.1 Å². The lowest BCUT2D eigenvalue weighted by Gasteiger charge is -2.02. The summed E-state index contributed by atoms with van der Waals surface area (Å²) in [4.78, 5) is 0. The fraction of sp³-hybridized carbons (Fsp3) is 0.385. The minimum Gasteiger partial charge on any atom is -0.420 e. The fourth-order valence-corrected chi connectivity index (χ4v) is 2.89. The molecule has 5 heteroatoms. The van der Waals surface area contributed by atoms with Crippen molar-refractivity contribution in [2.45, 2.75) is 31.6 Å². The first-order valence-corrected chi connectivity index (χ1v) is 6.83. The van der Waals surface area contributed by atoms with Gasteiger partial charge < -0.3 is 4.42 Å². The van der Waals surface area contributed by atoms with Gasteiger partial charge >= 0.3 is 0 Å². The highest BCUT2D eigenvalue weighted by atomic mass is 79.9. The number of hydrogen-bond acceptors (Lipinski definition) is 3. The summed E-state index contributed by atoms with van der Waals surface area (Å²) in [5.74, 6) is 0.877. The Morgan fingerprint density at radius 2 is 2.00 bits per heavy atom. The zero-order chi connectivity index (χ0) is 12.5. The Labute approximate surface area is 113 Å². The van der Waals surface area contributed by atoms with Gasteiger partial charge in [-0.1, -0.05) is 18.9 Å². The molecule has 3 nitrogen and oxygen atoms in total. The van der Waals surface area contributed by atoms with Gasteiger partial charge in [0.05, 0.1) is 5.56 Å². The summed E-state index contributed by atoms with van der Waals surface area (Å²) in [5, 5.41) is 8.02. The predicted octanol–water partition coefficient (Wildman–Crippen LogP) is 4.30. The molecule has 2 aromatic rings. The van der Waals surface area contributed by atoms with Gasteiger partial charge in [0.25, 0.3) is 5.89 Å². The number of rotatable bonds is 2. The molecule has 0 radical (unpaired) electrons. The number of hydrogen-bond donors (Lipinski definition) is 0. The molecule has 0 aliphatic heterocycles. The highest BCUT2D eigenvalue weighted by molar-refractivity contribution is 9.10. The maximum absolute atomic E-state index is 13.8. The molecule has 0 N–H and O–H groups in total. The van der Waals surface area contributed by atoms with E-state index < -0.39 is 0 Å². The van der Waals surface area contributed by atoms with Gasteiger partial charge in [-0.3, -0.25) is 0 Å². The van der Waals surface area contributed by atoms with Gasteiger partial charge in [-0.05, 0) is 40.9 Å². The maximum Gasteiger partial charge on any atom is 0.251 e. The summed E-state index contributed by atoms with van der Waals surface area (Å²) in [5.41, 5.74) is 0.342. The van der Waals surface area contributed by atoms with Crippen LogP contribution in [-0.4, -0.2) is 10.2 Å². The number of halogens is 2. The van der Waals surface area contributed by atoms with E-state index >= 15 is 0 Å². The summed E-state index contributed by atoms with van der Waals surface area (Å²) in [6.45, 7) is 0. The van der Waals surface area contributed by atoms with Gasteiger partial charge in [0.15, 0.2) is 0 Å². The van der Waals surface area contributed by atoms with Crippen LogP contribution >= 0.6 is 15.9 Å². The Hall–Kier alpha value is -1.23. The van der Waals surface area contributed by atoms with Crippen molar-refractivity contribution in [3.05, 3.63) is 34.4 Å². The van der Waals surface area contributed by atoms with E-state index in [9.17, 15) is 4.39 Å². The molecule has 1 aliphatic carbocycles.